The van der Waals surface area contributed by atoms with Gasteiger partial charge in [-0.15, -0.1) is 0 Å². The lowest BCUT2D eigenvalue weighted by Gasteiger charge is -2.12. The first-order chi connectivity index (χ1) is 10.2. The van der Waals surface area contributed by atoms with Gasteiger partial charge in [-0.1, -0.05) is 0 Å². The van der Waals surface area contributed by atoms with Crippen molar-refractivity contribution in [3.63, 3.8) is 0 Å². The average molecular weight is 348 g/mol. The Hall–Kier alpha value is -1.65. The summed E-state index contributed by atoms with van der Waals surface area (Å²) in [6.07, 6.45) is -0.395. The third kappa shape index (κ3) is 4.18. The molecule has 22 heavy (non-hydrogen) atoms. The maximum Gasteiger partial charge on any atom is 0.411 e. The van der Waals surface area contributed by atoms with Crippen molar-refractivity contribution in [3.05, 3.63) is 24.3 Å². The molecule has 0 unspecified atom stereocenters. The van der Waals surface area contributed by atoms with Crippen LogP contribution >= 0.6 is 0 Å². The second-order valence-electron chi connectivity index (χ2n) is 4.86. The Labute approximate surface area is 128 Å². The third-order valence-corrected chi connectivity index (χ3v) is 6.46. The molecule has 1 aliphatic rings. The number of sulfone groups is 1. The SMILES string of the molecule is COC(=O)Nc1ccc(S(=O)(=O)N[C@H]2CCS(=O)(=O)C2)cc1. The van der Waals surface area contributed by atoms with Crippen LogP contribution in [0.5, 0.6) is 0 Å². The summed E-state index contributed by atoms with van der Waals surface area (Å²) in [7, 11) is -5.75. The van der Waals surface area contributed by atoms with E-state index in [1.54, 1.807) is 0 Å². The zero-order valence-electron chi connectivity index (χ0n) is 11.8. The lowest BCUT2D eigenvalue weighted by Crippen LogP contribution is -2.35. The highest BCUT2D eigenvalue weighted by Gasteiger charge is 2.31. The molecule has 8 nitrogen and oxygen atoms in total. The average Bonchev–Trinajstić information content (AvgIpc) is 2.77. The smallest absolute Gasteiger partial charge is 0.411 e. The highest BCUT2D eigenvalue weighted by atomic mass is 32.2. The van der Waals surface area contributed by atoms with Crippen molar-refractivity contribution in [1.29, 1.82) is 0 Å². The van der Waals surface area contributed by atoms with Gasteiger partial charge in [0.15, 0.2) is 9.84 Å². The lowest BCUT2D eigenvalue weighted by atomic mass is 10.3. The molecular weight excluding hydrogens is 332 g/mol. The number of hydrogen-bond donors (Lipinski definition) is 2. The lowest BCUT2D eigenvalue weighted by molar-refractivity contribution is 0.187. The quantitative estimate of drug-likeness (QED) is 0.809. The van der Waals surface area contributed by atoms with E-state index < -0.39 is 32.0 Å². The molecule has 122 valence electrons. The summed E-state index contributed by atoms with van der Waals surface area (Å²) < 4.78 is 53.8. The van der Waals surface area contributed by atoms with Crippen molar-refractivity contribution in [2.24, 2.45) is 0 Å². The summed E-state index contributed by atoms with van der Waals surface area (Å²) in [5.74, 6) is -0.198. The minimum absolute atomic E-state index is 0.00721. The molecule has 2 N–H and O–H groups in total. The van der Waals surface area contributed by atoms with E-state index in [0.29, 0.717) is 5.69 Å². The number of benzene rings is 1. The Morgan fingerprint density at radius 3 is 2.41 bits per heavy atom. The zero-order valence-corrected chi connectivity index (χ0v) is 13.4. The fourth-order valence-electron chi connectivity index (χ4n) is 2.06. The Morgan fingerprint density at radius 2 is 1.91 bits per heavy atom. The normalized spacial score (nSPS) is 20.5. The van der Waals surface area contributed by atoms with Gasteiger partial charge in [-0.3, -0.25) is 5.32 Å². The predicted octanol–water partition coefficient (Wildman–Crippen LogP) is 0.330. The minimum Gasteiger partial charge on any atom is -0.453 e. The van der Waals surface area contributed by atoms with E-state index in [-0.39, 0.29) is 22.8 Å². The molecule has 0 aliphatic carbocycles. The van der Waals surface area contributed by atoms with Crippen LogP contribution in [0.3, 0.4) is 0 Å². The first-order valence-corrected chi connectivity index (χ1v) is 9.70. The molecule has 1 fully saturated rings. The van der Waals surface area contributed by atoms with Crippen LogP contribution in [0.25, 0.3) is 0 Å². The maximum absolute atomic E-state index is 12.2. The van der Waals surface area contributed by atoms with Crippen LogP contribution in [0.15, 0.2) is 29.2 Å². The topological polar surface area (TPSA) is 119 Å². The Bertz CT molecular complexity index is 755. The molecule has 1 atom stereocenters. The van der Waals surface area contributed by atoms with Gasteiger partial charge in [-0.2, -0.15) is 0 Å². The van der Waals surface area contributed by atoms with E-state index in [9.17, 15) is 21.6 Å². The molecule has 1 aliphatic heterocycles. The first kappa shape index (κ1) is 16.7. The number of rotatable bonds is 4. The van der Waals surface area contributed by atoms with Gasteiger partial charge in [0.25, 0.3) is 0 Å². The summed E-state index contributed by atoms with van der Waals surface area (Å²) in [6, 6.07) is 4.85. The van der Waals surface area contributed by atoms with Crippen molar-refractivity contribution in [2.75, 3.05) is 23.9 Å². The fraction of sp³-hybridized carbons (Fsp3) is 0.417. The van der Waals surface area contributed by atoms with Gasteiger partial charge in [0, 0.05) is 11.7 Å². The summed E-state index contributed by atoms with van der Waals surface area (Å²) in [6.45, 7) is 0. The Morgan fingerprint density at radius 1 is 1.27 bits per heavy atom. The van der Waals surface area contributed by atoms with Gasteiger partial charge in [-0.05, 0) is 30.7 Å². The molecule has 1 heterocycles. The van der Waals surface area contributed by atoms with Crippen LogP contribution in [0.2, 0.25) is 0 Å². The number of amides is 1. The Kier molecular flexibility index (Phi) is 4.73. The highest BCUT2D eigenvalue weighted by molar-refractivity contribution is 7.92. The van der Waals surface area contributed by atoms with Crippen molar-refractivity contribution in [2.45, 2.75) is 17.4 Å². The van der Waals surface area contributed by atoms with Gasteiger partial charge in [0.2, 0.25) is 10.0 Å². The third-order valence-electron chi connectivity index (χ3n) is 3.15. The highest BCUT2D eigenvalue weighted by Crippen LogP contribution is 2.17. The van der Waals surface area contributed by atoms with Gasteiger partial charge in [-0.25, -0.2) is 26.4 Å². The molecule has 0 radical (unpaired) electrons. The van der Waals surface area contributed by atoms with Gasteiger partial charge in [0.1, 0.15) is 0 Å². The standard InChI is InChI=1S/C12H16N2O6S2/c1-20-12(15)13-9-2-4-11(5-3-9)22(18,19)14-10-6-7-21(16,17)8-10/h2-5,10,14H,6-8H2,1H3,(H,13,15)/t10-/m0/s1. The second-order valence-corrected chi connectivity index (χ2v) is 8.80. The number of anilines is 1. The van der Waals surface area contributed by atoms with Crippen molar-refractivity contribution >= 4 is 31.6 Å². The molecule has 2 rings (SSSR count). The van der Waals surface area contributed by atoms with Crippen molar-refractivity contribution in [3.8, 4) is 0 Å². The van der Waals surface area contributed by atoms with E-state index in [0.717, 1.165) is 0 Å². The molecule has 1 saturated heterocycles. The van der Waals surface area contributed by atoms with Crippen molar-refractivity contribution in [1.82, 2.24) is 4.72 Å². The second kappa shape index (κ2) is 6.23. The predicted molar refractivity (Wildman–Crippen MR) is 79.9 cm³/mol. The van der Waals surface area contributed by atoms with Crippen LogP contribution in [0, 0.1) is 0 Å². The van der Waals surface area contributed by atoms with E-state index >= 15 is 0 Å². The van der Waals surface area contributed by atoms with Gasteiger partial charge < -0.3 is 4.74 Å². The molecule has 0 saturated carbocycles. The van der Waals surface area contributed by atoms with E-state index in [2.05, 4.69) is 14.8 Å². The number of hydrogen-bond acceptors (Lipinski definition) is 6. The Balaban J connectivity index is 2.08. The molecule has 0 bridgehead atoms. The van der Waals surface area contributed by atoms with E-state index in [4.69, 9.17) is 0 Å². The minimum atomic E-state index is -3.80. The molecule has 1 aromatic rings. The fourth-order valence-corrected chi connectivity index (χ4v) is 5.11. The first-order valence-electron chi connectivity index (χ1n) is 6.40. The van der Waals surface area contributed by atoms with Crippen LogP contribution in [-0.2, 0) is 24.6 Å². The van der Waals surface area contributed by atoms with E-state index in [1.807, 2.05) is 0 Å². The summed E-state index contributed by atoms with van der Waals surface area (Å²) in [4.78, 5) is 11.0. The molecule has 1 aromatic carbocycles. The molecule has 0 spiro atoms. The zero-order chi connectivity index (χ0) is 16.4. The van der Waals surface area contributed by atoms with Gasteiger partial charge >= 0.3 is 6.09 Å². The molecular formula is C12H16N2O6S2. The summed E-state index contributed by atoms with van der Waals surface area (Å²) in [5.41, 5.74) is 0.384. The van der Waals surface area contributed by atoms with Crippen LogP contribution < -0.4 is 10.0 Å². The van der Waals surface area contributed by atoms with Crippen LogP contribution in [0.4, 0.5) is 10.5 Å². The van der Waals surface area contributed by atoms with Crippen molar-refractivity contribution < 1.29 is 26.4 Å². The number of ether oxygens (including phenoxy) is 1. The van der Waals surface area contributed by atoms with E-state index in [1.165, 1.54) is 31.4 Å². The van der Waals surface area contributed by atoms with Crippen LogP contribution in [0.1, 0.15) is 6.42 Å². The monoisotopic (exact) mass is 348 g/mol. The molecule has 0 aromatic heterocycles. The van der Waals surface area contributed by atoms with Crippen LogP contribution in [-0.4, -0.2) is 47.6 Å². The molecule has 1 amide bonds. The summed E-state index contributed by atoms with van der Waals surface area (Å²) >= 11 is 0. The number of carbonyl (C=O) groups excluding carboxylic acids is 1. The molecule has 10 heteroatoms. The summed E-state index contributed by atoms with van der Waals surface area (Å²) in [5, 5.41) is 2.40. The number of nitrogens with one attached hydrogen (secondary N) is 2. The number of carbonyl (C=O) groups is 1. The number of methoxy groups -OCH3 is 1. The van der Waals surface area contributed by atoms with Gasteiger partial charge in [0.05, 0.1) is 23.5 Å². The maximum atomic E-state index is 12.2. The number of sulfonamides is 1. The largest absolute Gasteiger partial charge is 0.453 e.